The number of rotatable bonds is 3. The Labute approximate surface area is 142 Å². The summed E-state index contributed by atoms with van der Waals surface area (Å²) in [7, 11) is 2.03. The summed E-state index contributed by atoms with van der Waals surface area (Å²) in [6, 6.07) is 8.19. The van der Waals surface area contributed by atoms with Crippen LogP contribution < -0.4 is 4.74 Å². The molecule has 0 radical (unpaired) electrons. The first-order chi connectivity index (χ1) is 11.7. The Morgan fingerprint density at radius 2 is 2.17 bits per heavy atom. The lowest BCUT2D eigenvalue weighted by Gasteiger charge is -2.33. The average molecular weight is 325 g/mol. The predicted molar refractivity (Wildman–Crippen MR) is 93.0 cm³/mol. The zero-order chi connectivity index (χ0) is 16.5. The third-order valence-corrected chi connectivity index (χ3v) is 4.59. The summed E-state index contributed by atoms with van der Waals surface area (Å²) in [5.74, 6) is 1.99. The topological polar surface area (TPSA) is 39.5 Å². The Bertz CT molecular complexity index is 766. The van der Waals surface area contributed by atoms with Gasteiger partial charge in [0.15, 0.2) is 0 Å². The molecule has 2 aliphatic heterocycles. The molecule has 1 fully saturated rings. The Morgan fingerprint density at radius 3 is 3.00 bits per heavy atom. The molecule has 3 heterocycles. The van der Waals surface area contributed by atoms with Crippen molar-refractivity contribution in [1.29, 1.82) is 0 Å². The van der Waals surface area contributed by atoms with Crippen molar-refractivity contribution in [1.82, 2.24) is 14.5 Å². The van der Waals surface area contributed by atoms with Gasteiger partial charge in [-0.15, -0.1) is 0 Å². The summed E-state index contributed by atoms with van der Waals surface area (Å²) in [5, 5.41) is 0. The monoisotopic (exact) mass is 325 g/mol. The van der Waals surface area contributed by atoms with E-state index in [1.807, 2.05) is 32.3 Å². The summed E-state index contributed by atoms with van der Waals surface area (Å²) in [5.41, 5.74) is 3.52. The average Bonchev–Trinajstić information content (AvgIpc) is 2.93. The fourth-order valence-corrected chi connectivity index (χ4v) is 3.48. The summed E-state index contributed by atoms with van der Waals surface area (Å²) in [6.45, 7) is 6.15. The normalized spacial score (nSPS) is 21.1. The fourth-order valence-electron chi connectivity index (χ4n) is 3.48. The third-order valence-electron chi connectivity index (χ3n) is 4.59. The van der Waals surface area contributed by atoms with E-state index in [2.05, 4.69) is 32.7 Å². The molecule has 0 amide bonds. The summed E-state index contributed by atoms with van der Waals surface area (Å²) >= 11 is 0. The minimum Gasteiger partial charge on any atom is -0.489 e. The SMILES string of the molecule is Cc1cn(C)c([C@@H]2CN(CC3=Cc4ccccc4OC3)CCO2)n1. The number of aromatic nitrogens is 2. The molecule has 24 heavy (non-hydrogen) atoms. The first kappa shape index (κ1) is 15.4. The second kappa shape index (κ2) is 6.42. The molecule has 1 saturated heterocycles. The Balaban J connectivity index is 1.46. The van der Waals surface area contributed by atoms with Gasteiger partial charge >= 0.3 is 0 Å². The standard InChI is InChI=1S/C19H23N3O2/c1-14-10-21(2)19(20-14)18-12-22(7-8-23-18)11-15-9-16-5-3-4-6-17(16)24-13-15/h3-6,9-10,18H,7-8,11-13H2,1-2H3/t18-/m0/s1. The van der Waals surface area contributed by atoms with Crippen LogP contribution in [0.15, 0.2) is 36.0 Å². The number of aryl methyl sites for hydroxylation is 2. The number of hydrogen-bond acceptors (Lipinski definition) is 4. The molecule has 0 bridgehead atoms. The second-order valence-corrected chi connectivity index (χ2v) is 6.58. The van der Waals surface area contributed by atoms with E-state index in [0.717, 1.165) is 43.5 Å². The van der Waals surface area contributed by atoms with Crippen molar-refractivity contribution in [2.75, 3.05) is 32.8 Å². The van der Waals surface area contributed by atoms with E-state index in [9.17, 15) is 0 Å². The van der Waals surface area contributed by atoms with E-state index in [4.69, 9.17) is 9.47 Å². The molecule has 1 atom stereocenters. The smallest absolute Gasteiger partial charge is 0.139 e. The lowest BCUT2D eigenvalue weighted by Crippen LogP contribution is -2.40. The van der Waals surface area contributed by atoms with Gasteiger partial charge in [0.1, 0.15) is 24.3 Å². The minimum atomic E-state index is 0.0369. The predicted octanol–water partition coefficient (Wildman–Crippen LogP) is 2.58. The summed E-state index contributed by atoms with van der Waals surface area (Å²) < 4.78 is 13.9. The molecule has 4 rings (SSSR count). The van der Waals surface area contributed by atoms with Gasteiger partial charge in [0.25, 0.3) is 0 Å². The van der Waals surface area contributed by atoms with Crippen molar-refractivity contribution >= 4 is 6.08 Å². The maximum absolute atomic E-state index is 5.96. The highest BCUT2D eigenvalue weighted by atomic mass is 16.5. The molecule has 126 valence electrons. The van der Waals surface area contributed by atoms with Crippen LogP contribution in [0.25, 0.3) is 6.08 Å². The van der Waals surface area contributed by atoms with Crippen LogP contribution in [-0.4, -0.2) is 47.3 Å². The number of hydrogen-bond donors (Lipinski definition) is 0. The van der Waals surface area contributed by atoms with E-state index in [1.54, 1.807) is 0 Å². The van der Waals surface area contributed by atoms with Crippen LogP contribution in [0.3, 0.4) is 0 Å². The van der Waals surface area contributed by atoms with E-state index >= 15 is 0 Å². The van der Waals surface area contributed by atoms with Crippen molar-refractivity contribution in [2.45, 2.75) is 13.0 Å². The zero-order valence-electron chi connectivity index (χ0n) is 14.2. The Kier molecular flexibility index (Phi) is 4.12. The quantitative estimate of drug-likeness (QED) is 0.869. The Morgan fingerprint density at radius 1 is 1.29 bits per heavy atom. The molecule has 0 aliphatic carbocycles. The maximum atomic E-state index is 5.96. The van der Waals surface area contributed by atoms with Crippen LogP contribution in [0.5, 0.6) is 5.75 Å². The molecule has 5 heteroatoms. The molecule has 0 unspecified atom stereocenters. The van der Waals surface area contributed by atoms with Crippen molar-refractivity contribution in [2.24, 2.45) is 7.05 Å². The zero-order valence-corrected chi connectivity index (χ0v) is 14.2. The number of benzene rings is 1. The molecule has 5 nitrogen and oxygen atoms in total. The van der Waals surface area contributed by atoms with Crippen molar-refractivity contribution < 1.29 is 9.47 Å². The largest absolute Gasteiger partial charge is 0.489 e. The first-order valence-electron chi connectivity index (χ1n) is 8.44. The molecule has 2 aliphatic rings. The van der Waals surface area contributed by atoms with E-state index in [1.165, 1.54) is 11.1 Å². The molecular weight excluding hydrogens is 302 g/mol. The van der Waals surface area contributed by atoms with Crippen LogP contribution in [0.4, 0.5) is 0 Å². The van der Waals surface area contributed by atoms with Crippen LogP contribution in [-0.2, 0) is 11.8 Å². The van der Waals surface area contributed by atoms with Gasteiger partial charge in [-0.05, 0) is 24.6 Å². The number of fused-ring (bicyclic) bond motifs is 1. The highest BCUT2D eigenvalue weighted by Crippen LogP contribution is 2.27. The maximum Gasteiger partial charge on any atom is 0.139 e. The van der Waals surface area contributed by atoms with Crippen molar-refractivity contribution in [3.05, 3.63) is 53.1 Å². The van der Waals surface area contributed by atoms with E-state index < -0.39 is 0 Å². The van der Waals surface area contributed by atoms with Crippen LogP contribution >= 0.6 is 0 Å². The number of ether oxygens (including phenoxy) is 2. The third kappa shape index (κ3) is 3.09. The van der Waals surface area contributed by atoms with Gasteiger partial charge in [-0.3, -0.25) is 4.90 Å². The lowest BCUT2D eigenvalue weighted by atomic mass is 10.1. The number of imidazole rings is 1. The number of nitrogens with zero attached hydrogens (tertiary/aromatic N) is 3. The molecule has 2 aromatic rings. The van der Waals surface area contributed by atoms with Crippen molar-refractivity contribution in [3.8, 4) is 5.75 Å². The van der Waals surface area contributed by atoms with Crippen LogP contribution in [0, 0.1) is 6.92 Å². The van der Waals surface area contributed by atoms with E-state index in [-0.39, 0.29) is 6.10 Å². The van der Waals surface area contributed by atoms with Gasteiger partial charge in [0.05, 0.1) is 12.3 Å². The van der Waals surface area contributed by atoms with Gasteiger partial charge in [0.2, 0.25) is 0 Å². The molecule has 1 aromatic heterocycles. The van der Waals surface area contributed by atoms with Gasteiger partial charge in [-0.2, -0.15) is 0 Å². The molecule has 0 saturated carbocycles. The van der Waals surface area contributed by atoms with Crippen LogP contribution in [0.2, 0.25) is 0 Å². The summed E-state index contributed by atoms with van der Waals surface area (Å²) in [4.78, 5) is 7.05. The molecule has 0 N–H and O–H groups in total. The number of morpholine rings is 1. The van der Waals surface area contributed by atoms with Crippen molar-refractivity contribution in [3.63, 3.8) is 0 Å². The van der Waals surface area contributed by atoms with Gasteiger partial charge in [-0.1, -0.05) is 18.2 Å². The second-order valence-electron chi connectivity index (χ2n) is 6.58. The molecule has 1 aromatic carbocycles. The van der Waals surface area contributed by atoms with E-state index in [0.29, 0.717) is 6.61 Å². The van der Waals surface area contributed by atoms with Gasteiger partial charge < -0.3 is 14.0 Å². The molecular formula is C19H23N3O2. The fraction of sp³-hybridized carbons (Fsp3) is 0.421. The van der Waals surface area contributed by atoms with Crippen LogP contribution in [0.1, 0.15) is 23.2 Å². The van der Waals surface area contributed by atoms with Gasteiger partial charge in [0, 0.05) is 38.4 Å². The summed E-state index contributed by atoms with van der Waals surface area (Å²) in [6.07, 6.45) is 4.34. The number of para-hydroxylation sites is 1. The highest BCUT2D eigenvalue weighted by molar-refractivity contribution is 5.62. The molecule has 0 spiro atoms. The van der Waals surface area contributed by atoms with Gasteiger partial charge in [-0.25, -0.2) is 4.98 Å². The highest BCUT2D eigenvalue weighted by Gasteiger charge is 2.26. The lowest BCUT2D eigenvalue weighted by molar-refractivity contribution is -0.0329. The minimum absolute atomic E-state index is 0.0369. The Hall–Kier alpha value is -2.11. The first-order valence-corrected chi connectivity index (χ1v) is 8.44.